The van der Waals surface area contributed by atoms with Gasteiger partial charge in [-0.05, 0) is 68.4 Å². The molecular formula is C27H38N6O5S2. The highest BCUT2D eigenvalue weighted by Crippen LogP contribution is 2.38. The summed E-state index contributed by atoms with van der Waals surface area (Å²) in [5.74, 6) is -0.0910. The van der Waals surface area contributed by atoms with Gasteiger partial charge in [0.25, 0.3) is 15.9 Å². The van der Waals surface area contributed by atoms with E-state index >= 15 is 0 Å². The molecule has 2 aromatic heterocycles. The molecule has 0 spiro atoms. The van der Waals surface area contributed by atoms with Gasteiger partial charge in [0, 0.05) is 25.2 Å². The zero-order chi connectivity index (χ0) is 29.5. The van der Waals surface area contributed by atoms with Crippen molar-refractivity contribution in [1.29, 1.82) is 0 Å². The molecule has 2 aliphatic rings. The molecule has 11 nitrogen and oxygen atoms in total. The first-order valence-corrected chi connectivity index (χ1v) is 16.4. The average Bonchev–Trinajstić information content (AvgIpc) is 3.14. The van der Waals surface area contributed by atoms with E-state index in [-0.39, 0.29) is 40.2 Å². The number of nitrogens with two attached hydrogens (primary N) is 1. The summed E-state index contributed by atoms with van der Waals surface area (Å²) in [6.07, 6.45) is 3.37. The van der Waals surface area contributed by atoms with E-state index in [4.69, 9.17) is 10.7 Å². The van der Waals surface area contributed by atoms with Gasteiger partial charge >= 0.3 is 0 Å². The molecule has 2 aromatic rings. The number of aromatic nitrogens is 2. The fourth-order valence-corrected chi connectivity index (χ4v) is 8.16. The van der Waals surface area contributed by atoms with Gasteiger partial charge in [-0.15, -0.1) is 0 Å². The van der Waals surface area contributed by atoms with E-state index in [1.807, 2.05) is 24.8 Å². The summed E-state index contributed by atoms with van der Waals surface area (Å²) in [4.78, 5) is 24.2. The lowest BCUT2D eigenvalue weighted by molar-refractivity contribution is 0.0981. The van der Waals surface area contributed by atoms with Gasteiger partial charge in [-0.25, -0.2) is 23.1 Å². The monoisotopic (exact) mass is 590 g/mol. The Labute approximate surface area is 237 Å². The Bertz CT molecular complexity index is 1540. The van der Waals surface area contributed by atoms with Crippen molar-refractivity contribution in [2.45, 2.75) is 58.0 Å². The van der Waals surface area contributed by atoms with Crippen LogP contribution in [0.1, 0.15) is 63.5 Å². The molecule has 2 aliphatic heterocycles. The van der Waals surface area contributed by atoms with Crippen molar-refractivity contribution in [3.63, 3.8) is 0 Å². The van der Waals surface area contributed by atoms with Gasteiger partial charge < -0.3 is 10.6 Å². The first-order valence-electron chi connectivity index (χ1n) is 13.3. The zero-order valence-corrected chi connectivity index (χ0v) is 25.2. The van der Waals surface area contributed by atoms with Gasteiger partial charge in [-0.3, -0.25) is 4.79 Å². The normalized spacial score (nSPS) is 20.0. The lowest BCUT2D eigenvalue weighted by Gasteiger charge is -2.34. The molecule has 40 heavy (non-hydrogen) atoms. The van der Waals surface area contributed by atoms with Crippen LogP contribution in [0.5, 0.6) is 0 Å². The number of anilines is 2. The maximum Gasteiger partial charge on any atom is 0.281 e. The number of nitrogen functional groups attached to an aromatic ring is 1. The molecule has 1 amide bonds. The van der Waals surface area contributed by atoms with Crippen LogP contribution in [-0.4, -0.2) is 67.9 Å². The Morgan fingerprint density at radius 1 is 1.15 bits per heavy atom. The molecule has 4 rings (SSSR count). The van der Waals surface area contributed by atoms with Crippen molar-refractivity contribution in [2.75, 3.05) is 36.0 Å². The number of nitrogens with zero attached hydrogens (tertiary/aromatic N) is 4. The molecule has 1 atom stereocenters. The van der Waals surface area contributed by atoms with Crippen LogP contribution in [-0.2, 0) is 20.0 Å². The number of carbonyl (C=O) groups excluding carboxylic acids is 1. The predicted molar refractivity (Wildman–Crippen MR) is 156 cm³/mol. The Morgan fingerprint density at radius 2 is 1.88 bits per heavy atom. The average molecular weight is 591 g/mol. The highest BCUT2D eigenvalue weighted by atomic mass is 32.2. The first kappa shape index (κ1) is 29.9. The summed E-state index contributed by atoms with van der Waals surface area (Å²) >= 11 is 0. The summed E-state index contributed by atoms with van der Waals surface area (Å²) in [5, 5.41) is -0.364. The Hall–Kier alpha value is -3.03. The SMILES string of the molecule is CC(C)CS(=O)(=O)N1CCC=C(c2ccc(C(=O)NS(=O)(=O)c3cccc(N)n3)c(N3C[C@@H](C)CC3(C)C)n2)C1. The number of pyridine rings is 2. The van der Waals surface area contributed by atoms with Crippen LogP contribution >= 0.6 is 0 Å². The third-order valence-electron chi connectivity index (χ3n) is 7.08. The summed E-state index contributed by atoms with van der Waals surface area (Å²) < 4.78 is 55.3. The van der Waals surface area contributed by atoms with E-state index in [1.54, 1.807) is 12.1 Å². The first-order chi connectivity index (χ1) is 18.6. The predicted octanol–water partition coefficient (Wildman–Crippen LogP) is 2.88. The van der Waals surface area contributed by atoms with E-state index < -0.39 is 26.0 Å². The second-order valence-electron chi connectivity index (χ2n) is 11.7. The van der Waals surface area contributed by atoms with Crippen molar-refractivity contribution in [3.8, 4) is 0 Å². The minimum Gasteiger partial charge on any atom is -0.384 e. The van der Waals surface area contributed by atoms with Crippen LogP contribution in [0.3, 0.4) is 0 Å². The molecule has 1 fully saturated rings. The van der Waals surface area contributed by atoms with Gasteiger partial charge in [0.1, 0.15) is 11.6 Å². The quantitative estimate of drug-likeness (QED) is 0.472. The number of hydrogen-bond donors (Lipinski definition) is 2. The maximum atomic E-state index is 13.4. The lowest BCUT2D eigenvalue weighted by atomic mass is 9.97. The second kappa shape index (κ2) is 11.1. The summed E-state index contributed by atoms with van der Waals surface area (Å²) in [5.41, 5.74) is 6.69. The van der Waals surface area contributed by atoms with Crippen LogP contribution in [0.4, 0.5) is 11.6 Å². The number of sulfonamides is 2. The van der Waals surface area contributed by atoms with Gasteiger partial charge in [0.2, 0.25) is 10.0 Å². The molecular weight excluding hydrogens is 552 g/mol. The second-order valence-corrected chi connectivity index (χ2v) is 15.3. The fourth-order valence-electron chi connectivity index (χ4n) is 5.45. The van der Waals surface area contributed by atoms with Gasteiger partial charge in [-0.1, -0.05) is 32.9 Å². The largest absolute Gasteiger partial charge is 0.384 e. The third kappa shape index (κ3) is 6.47. The molecule has 3 N–H and O–H groups in total. The summed E-state index contributed by atoms with van der Waals surface area (Å²) in [6, 6.07) is 7.35. The summed E-state index contributed by atoms with van der Waals surface area (Å²) in [7, 11) is -7.73. The van der Waals surface area contributed by atoms with Crippen molar-refractivity contribution >= 4 is 43.2 Å². The van der Waals surface area contributed by atoms with Crippen LogP contribution in [0, 0.1) is 11.8 Å². The third-order valence-corrected chi connectivity index (χ3v) is 10.5. The molecule has 0 saturated carbocycles. The van der Waals surface area contributed by atoms with E-state index in [1.165, 1.54) is 22.5 Å². The van der Waals surface area contributed by atoms with E-state index in [0.717, 1.165) is 12.0 Å². The van der Waals surface area contributed by atoms with E-state index in [9.17, 15) is 21.6 Å². The van der Waals surface area contributed by atoms with E-state index in [0.29, 0.717) is 36.9 Å². The van der Waals surface area contributed by atoms with Crippen molar-refractivity contribution in [3.05, 3.63) is 47.7 Å². The highest BCUT2D eigenvalue weighted by Gasteiger charge is 2.39. The molecule has 0 aliphatic carbocycles. The Kier molecular flexibility index (Phi) is 8.30. The molecule has 0 aromatic carbocycles. The maximum absolute atomic E-state index is 13.4. The Morgan fingerprint density at radius 3 is 2.50 bits per heavy atom. The number of hydrogen-bond acceptors (Lipinski definition) is 9. The standard InChI is InChI=1S/C27H38N6O5S2/c1-18(2)17-39(35,36)32-13-7-8-20(16-32)22-12-11-21(25(29-22)33-15-19(3)14-27(33,4)5)26(34)31-40(37,38)24-10-6-9-23(28)30-24/h6,8-12,18-19H,7,13-17H2,1-5H3,(H2,28,30)(H,31,34)/t19-/m0/s1. The molecule has 13 heteroatoms. The molecule has 0 radical (unpaired) electrons. The molecule has 1 saturated heterocycles. The molecule has 0 unspecified atom stereocenters. The zero-order valence-electron chi connectivity index (χ0n) is 23.6. The number of rotatable bonds is 8. The van der Waals surface area contributed by atoms with Crippen LogP contribution in [0.25, 0.3) is 5.57 Å². The number of carbonyl (C=O) groups is 1. The van der Waals surface area contributed by atoms with Gasteiger partial charge in [-0.2, -0.15) is 12.7 Å². The van der Waals surface area contributed by atoms with Crippen molar-refractivity contribution in [2.24, 2.45) is 11.8 Å². The molecule has 4 heterocycles. The van der Waals surface area contributed by atoms with Crippen LogP contribution < -0.4 is 15.4 Å². The smallest absolute Gasteiger partial charge is 0.281 e. The van der Waals surface area contributed by atoms with Gasteiger partial charge in [0.15, 0.2) is 5.03 Å². The minimum atomic E-state index is -4.30. The topological polar surface area (TPSA) is 156 Å². The van der Waals surface area contributed by atoms with E-state index in [2.05, 4.69) is 30.5 Å². The lowest BCUT2D eigenvalue weighted by Crippen LogP contribution is -2.41. The highest BCUT2D eigenvalue weighted by molar-refractivity contribution is 7.90. The van der Waals surface area contributed by atoms with Crippen LogP contribution in [0.2, 0.25) is 0 Å². The number of amides is 1. The van der Waals surface area contributed by atoms with Crippen molar-refractivity contribution in [1.82, 2.24) is 19.0 Å². The minimum absolute atomic E-state index is 0.0000676. The summed E-state index contributed by atoms with van der Waals surface area (Å²) in [6.45, 7) is 11.2. The van der Waals surface area contributed by atoms with Crippen molar-refractivity contribution < 1.29 is 21.6 Å². The molecule has 0 bridgehead atoms. The molecule has 218 valence electrons. The van der Waals surface area contributed by atoms with Gasteiger partial charge in [0.05, 0.1) is 17.0 Å². The fraction of sp³-hybridized carbons (Fsp3) is 0.519. The van der Waals surface area contributed by atoms with Crippen LogP contribution in [0.15, 0.2) is 41.4 Å². The number of nitrogens with one attached hydrogen (secondary N) is 1. The Balaban J connectivity index is 1.71.